The number of likely N-dealkylation sites (N-methyl/N-ethyl adjacent to an activating group) is 1. The molecule has 0 heterocycles. The number of rotatable bonds is 3. The van der Waals surface area contributed by atoms with Gasteiger partial charge in [0.15, 0.2) is 0 Å². The summed E-state index contributed by atoms with van der Waals surface area (Å²) in [6.07, 6.45) is -3.44. The van der Waals surface area contributed by atoms with Gasteiger partial charge < -0.3 is 10.1 Å². The highest BCUT2D eigenvalue weighted by molar-refractivity contribution is 5.88. The normalized spacial score (nSPS) is 11.0. The van der Waals surface area contributed by atoms with Gasteiger partial charge in [0.25, 0.3) is 0 Å². The second-order valence-electron chi connectivity index (χ2n) is 2.88. The quantitative estimate of drug-likeness (QED) is 0.864. The van der Waals surface area contributed by atoms with Crippen LogP contribution in [0.3, 0.4) is 0 Å². The van der Waals surface area contributed by atoms with Crippen LogP contribution in [0.2, 0.25) is 0 Å². The summed E-state index contributed by atoms with van der Waals surface area (Å²) >= 11 is 0. The smallest absolute Gasteiger partial charge is 0.406 e. The molecule has 0 saturated heterocycles. The molecule has 1 aromatic carbocycles. The number of nitrogens with one attached hydrogen (secondary N) is 1. The van der Waals surface area contributed by atoms with Gasteiger partial charge in [-0.3, -0.25) is 4.79 Å². The minimum Gasteiger partial charge on any atom is -0.406 e. The Bertz CT molecular complexity index is 359. The Morgan fingerprint density at radius 2 is 1.88 bits per heavy atom. The van der Waals surface area contributed by atoms with E-state index in [0.717, 1.165) is 12.1 Å². The van der Waals surface area contributed by atoms with E-state index in [0.29, 0.717) is 5.56 Å². The van der Waals surface area contributed by atoms with Crippen LogP contribution in [0, 0.1) is 6.42 Å². The molecule has 6 heteroatoms. The summed E-state index contributed by atoms with van der Waals surface area (Å²) in [5, 5.41) is 2.36. The lowest BCUT2D eigenvalue weighted by Crippen LogP contribution is -2.18. The van der Waals surface area contributed by atoms with E-state index in [4.69, 9.17) is 0 Å². The van der Waals surface area contributed by atoms with Gasteiger partial charge in [-0.1, -0.05) is 12.1 Å². The molecule has 0 bridgehead atoms. The van der Waals surface area contributed by atoms with Crippen LogP contribution >= 0.6 is 0 Å². The summed E-state index contributed by atoms with van der Waals surface area (Å²) < 4.78 is 39.1. The molecular formula is C10H9F3NO2. The fourth-order valence-electron chi connectivity index (χ4n) is 0.989. The Kier molecular flexibility index (Phi) is 3.76. The summed E-state index contributed by atoms with van der Waals surface area (Å²) in [5.74, 6) is -0.647. The van der Waals surface area contributed by atoms with Crippen molar-refractivity contribution in [1.29, 1.82) is 0 Å². The van der Waals surface area contributed by atoms with Gasteiger partial charge in [-0.15, -0.1) is 13.2 Å². The Morgan fingerprint density at radius 3 is 2.31 bits per heavy atom. The predicted molar refractivity (Wildman–Crippen MR) is 50.6 cm³/mol. The molecule has 0 aromatic heterocycles. The summed E-state index contributed by atoms with van der Waals surface area (Å²) in [5.41, 5.74) is 0.494. The van der Waals surface area contributed by atoms with Gasteiger partial charge in [0.2, 0.25) is 5.91 Å². The molecule has 16 heavy (non-hydrogen) atoms. The van der Waals surface area contributed by atoms with Crippen LogP contribution in [-0.4, -0.2) is 19.3 Å². The van der Waals surface area contributed by atoms with Gasteiger partial charge in [0.05, 0.1) is 6.42 Å². The van der Waals surface area contributed by atoms with E-state index in [1.807, 2.05) is 0 Å². The molecule has 0 aliphatic heterocycles. The molecular weight excluding hydrogens is 223 g/mol. The fourth-order valence-corrected chi connectivity index (χ4v) is 0.989. The first kappa shape index (κ1) is 12.4. The maximum Gasteiger partial charge on any atom is 0.573 e. The largest absolute Gasteiger partial charge is 0.573 e. The van der Waals surface area contributed by atoms with Gasteiger partial charge in [-0.25, -0.2) is 0 Å². The van der Waals surface area contributed by atoms with Gasteiger partial charge in [0, 0.05) is 7.05 Å². The third kappa shape index (κ3) is 4.20. The average molecular weight is 232 g/mol. The molecule has 0 saturated carbocycles. The van der Waals surface area contributed by atoms with Gasteiger partial charge in [-0.2, -0.15) is 0 Å². The molecule has 0 unspecified atom stereocenters. The number of ether oxygens (including phenoxy) is 1. The molecule has 1 radical (unpaired) electrons. The molecule has 0 atom stereocenters. The predicted octanol–water partition coefficient (Wildman–Crippen LogP) is 1.88. The van der Waals surface area contributed by atoms with E-state index in [-0.39, 0.29) is 11.7 Å². The van der Waals surface area contributed by atoms with Crippen molar-refractivity contribution in [1.82, 2.24) is 5.32 Å². The Hall–Kier alpha value is -1.72. The first-order valence-electron chi connectivity index (χ1n) is 4.33. The van der Waals surface area contributed by atoms with Crippen LogP contribution < -0.4 is 10.1 Å². The van der Waals surface area contributed by atoms with Crippen LogP contribution in [0.1, 0.15) is 5.56 Å². The minimum absolute atomic E-state index is 0.318. The molecule has 0 spiro atoms. The maximum atomic E-state index is 11.8. The molecule has 0 aliphatic carbocycles. The zero-order valence-corrected chi connectivity index (χ0v) is 8.34. The Morgan fingerprint density at radius 1 is 1.31 bits per heavy atom. The number of benzene rings is 1. The second kappa shape index (κ2) is 4.87. The number of halogens is 3. The third-order valence-electron chi connectivity index (χ3n) is 1.66. The van der Waals surface area contributed by atoms with E-state index in [2.05, 4.69) is 10.1 Å². The minimum atomic E-state index is -4.70. The van der Waals surface area contributed by atoms with Gasteiger partial charge in [0.1, 0.15) is 5.75 Å². The molecule has 1 rings (SSSR count). The van der Waals surface area contributed by atoms with Crippen molar-refractivity contribution in [2.45, 2.75) is 6.36 Å². The van der Waals surface area contributed by atoms with Crippen LogP contribution in [0.5, 0.6) is 5.75 Å². The lowest BCUT2D eigenvalue weighted by Gasteiger charge is -2.08. The first-order chi connectivity index (χ1) is 7.40. The molecule has 0 aliphatic rings. The molecule has 1 aromatic rings. The Labute approximate surface area is 90.2 Å². The number of hydrogen-bond donors (Lipinski definition) is 1. The van der Waals surface area contributed by atoms with Crippen LogP contribution in [-0.2, 0) is 4.79 Å². The number of amides is 1. The summed E-state index contributed by atoms with van der Waals surface area (Å²) in [6, 6.07) is 5.00. The SMILES string of the molecule is CNC(=O)[CH]c1ccc(OC(F)(F)F)cc1. The number of alkyl halides is 3. The monoisotopic (exact) mass is 232 g/mol. The first-order valence-corrected chi connectivity index (χ1v) is 4.33. The summed E-state index contributed by atoms with van der Waals surface area (Å²) in [7, 11) is 1.46. The zero-order valence-electron chi connectivity index (χ0n) is 8.34. The Balaban J connectivity index is 2.64. The molecule has 3 nitrogen and oxygen atoms in total. The summed E-state index contributed by atoms with van der Waals surface area (Å²) in [6.45, 7) is 0. The van der Waals surface area contributed by atoms with Crippen molar-refractivity contribution in [3.8, 4) is 5.75 Å². The standard InChI is InChI=1S/C10H9F3NO2/c1-14-9(15)6-7-2-4-8(5-3-7)16-10(11,12)13/h2-6H,1H3,(H,14,15). The number of hydrogen-bond acceptors (Lipinski definition) is 2. The van der Waals surface area contributed by atoms with Crippen LogP contribution in [0.15, 0.2) is 24.3 Å². The number of carbonyl (C=O) groups is 1. The summed E-state index contributed by atoms with van der Waals surface area (Å²) in [4.78, 5) is 10.9. The van der Waals surface area contributed by atoms with E-state index in [1.54, 1.807) is 0 Å². The highest BCUT2D eigenvalue weighted by atomic mass is 19.4. The third-order valence-corrected chi connectivity index (χ3v) is 1.66. The van der Waals surface area contributed by atoms with Crippen molar-refractivity contribution >= 4 is 5.91 Å². The highest BCUT2D eigenvalue weighted by Crippen LogP contribution is 2.22. The lowest BCUT2D eigenvalue weighted by atomic mass is 10.1. The highest BCUT2D eigenvalue weighted by Gasteiger charge is 2.30. The van der Waals surface area contributed by atoms with Gasteiger partial charge >= 0.3 is 6.36 Å². The van der Waals surface area contributed by atoms with E-state index < -0.39 is 6.36 Å². The fraction of sp³-hybridized carbons (Fsp3) is 0.200. The van der Waals surface area contributed by atoms with Crippen molar-refractivity contribution in [3.05, 3.63) is 36.2 Å². The van der Waals surface area contributed by atoms with E-state index in [1.165, 1.54) is 25.6 Å². The second-order valence-corrected chi connectivity index (χ2v) is 2.88. The van der Waals surface area contributed by atoms with Crippen LogP contribution in [0.4, 0.5) is 13.2 Å². The van der Waals surface area contributed by atoms with Crippen molar-refractivity contribution in [3.63, 3.8) is 0 Å². The van der Waals surface area contributed by atoms with Crippen molar-refractivity contribution in [2.24, 2.45) is 0 Å². The van der Waals surface area contributed by atoms with Gasteiger partial charge in [-0.05, 0) is 17.7 Å². The van der Waals surface area contributed by atoms with E-state index >= 15 is 0 Å². The zero-order chi connectivity index (χ0) is 12.2. The molecule has 87 valence electrons. The van der Waals surface area contributed by atoms with Crippen LogP contribution in [0.25, 0.3) is 0 Å². The average Bonchev–Trinajstić information content (AvgIpc) is 2.18. The lowest BCUT2D eigenvalue weighted by molar-refractivity contribution is -0.274. The maximum absolute atomic E-state index is 11.8. The number of carbonyl (C=O) groups excluding carboxylic acids is 1. The molecule has 1 N–H and O–H groups in total. The topological polar surface area (TPSA) is 38.3 Å². The molecule has 1 amide bonds. The van der Waals surface area contributed by atoms with E-state index in [9.17, 15) is 18.0 Å². The van der Waals surface area contributed by atoms with Crippen molar-refractivity contribution in [2.75, 3.05) is 7.05 Å². The van der Waals surface area contributed by atoms with Crippen molar-refractivity contribution < 1.29 is 22.7 Å². The molecule has 0 fully saturated rings.